The van der Waals surface area contributed by atoms with Crippen LogP contribution in [0.4, 0.5) is 43.5 Å². The van der Waals surface area contributed by atoms with Crippen molar-refractivity contribution >= 4 is 17.2 Å². The number of halogens is 6. The average molecular weight is 374 g/mol. The van der Waals surface area contributed by atoms with Gasteiger partial charge in [0.2, 0.25) is 0 Å². The van der Waals surface area contributed by atoms with Crippen LogP contribution in [0, 0.1) is 11.3 Å². The predicted octanol–water partition coefficient (Wildman–Crippen LogP) is 4.80. The summed E-state index contributed by atoms with van der Waals surface area (Å²) in [5.74, 6) is -0.147. The zero-order valence-electron chi connectivity index (χ0n) is 13.5. The van der Waals surface area contributed by atoms with E-state index in [1.807, 2.05) is 6.07 Å². The van der Waals surface area contributed by atoms with Crippen LogP contribution in [-0.2, 0) is 12.4 Å². The molecule has 4 nitrogen and oxygen atoms in total. The van der Waals surface area contributed by atoms with Crippen molar-refractivity contribution in [3.63, 3.8) is 0 Å². The topological polar surface area (TPSA) is 52.0 Å². The largest absolute Gasteiger partial charge is 0.416 e. The molecule has 1 aromatic heterocycles. The lowest BCUT2D eigenvalue weighted by molar-refractivity contribution is -0.143. The van der Waals surface area contributed by atoms with E-state index in [2.05, 4.69) is 10.3 Å². The van der Waals surface area contributed by atoms with E-state index in [-0.39, 0.29) is 17.4 Å². The third kappa shape index (κ3) is 4.17. The Morgan fingerprint density at radius 3 is 1.96 bits per heavy atom. The van der Waals surface area contributed by atoms with Crippen molar-refractivity contribution in [1.82, 2.24) is 4.98 Å². The van der Waals surface area contributed by atoms with Crippen molar-refractivity contribution in [2.75, 3.05) is 24.3 Å². The summed E-state index contributed by atoms with van der Waals surface area (Å²) in [7, 11) is 3.26. The van der Waals surface area contributed by atoms with E-state index in [4.69, 9.17) is 0 Å². The van der Waals surface area contributed by atoms with Crippen LogP contribution in [0.25, 0.3) is 0 Å². The van der Waals surface area contributed by atoms with Gasteiger partial charge in [-0.25, -0.2) is 4.98 Å². The Bertz CT molecular complexity index is 817. The monoisotopic (exact) mass is 374 g/mol. The molecule has 0 bridgehead atoms. The van der Waals surface area contributed by atoms with Gasteiger partial charge < -0.3 is 10.2 Å². The number of alkyl halides is 6. The molecule has 0 aliphatic rings. The van der Waals surface area contributed by atoms with Crippen molar-refractivity contribution in [2.45, 2.75) is 12.4 Å². The maximum atomic E-state index is 12.9. The first-order valence-corrected chi connectivity index (χ1v) is 7.06. The lowest BCUT2D eigenvalue weighted by atomic mass is 10.1. The molecule has 0 unspecified atom stereocenters. The number of benzene rings is 1. The Balaban J connectivity index is 2.57. The number of nitrogens with one attached hydrogen (secondary N) is 1. The smallest absolute Gasteiger partial charge is 0.376 e. The summed E-state index contributed by atoms with van der Waals surface area (Å²) in [6, 6.07) is 4.43. The Labute approximate surface area is 144 Å². The SMILES string of the molecule is CN(C)c1ccnc(Nc2cc(C(F)(F)F)cc(C(F)(F)F)c2)c1C#N. The van der Waals surface area contributed by atoms with E-state index >= 15 is 0 Å². The maximum Gasteiger partial charge on any atom is 0.416 e. The number of aromatic nitrogens is 1. The molecule has 1 aromatic carbocycles. The lowest BCUT2D eigenvalue weighted by Crippen LogP contribution is -2.13. The van der Waals surface area contributed by atoms with Crippen LogP contribution in [0.15, 0.2) is 30.5 Å². The second-order valence-electron chi connectivity index (χ2n) is 5.48. The second kappa shape index (κ2) is 6.74. The number of hydrogen-bond acceptors (Lipinski definition) is 4. The molecule has 0 radical (unpaired) electrons. The molecule has 2 aromatic rings. The number of anilines is 3. The van der Waals surface area contributed by atoms with Crippen LogP contribution in [0.5, 0.6) is 0 Å². The molecule has 0 aliphatic carbocycles. The normalized spacial score (nSPS) is 11.8. The molecule has 0 saturated heterocycles. The van der Waals surface area contributed by atoms with E-state index in [9.17, 15) is 31.6 Å². The average Bonchev–Trinajstić information content (AvgIpc) is 2.52. The first kappa shape index (κ1) is 19.4. The summed E-state index contributed by atoms with van der Waals surface area (Å²) < 4.78 is 77.5. The van der Waals surface area contributed by atoms with E-state index in [0.29, 0.717) is 17.8 Å². The number of pyridine rings is 1. The molecular weight excluding hydrogens is 362 g/mol. The van der Waals surface area contributed by atoms with E-state index in [1.54, 1.807) is 19.0 Å². The quantitative estimate of drug-likeness (QED) is 0.784. The van der Waals surface area contributed by atoms with Crippen LogP contribution in [-0.4, -0.2) is 19.1 Å². The van der Waals surface area contributed by atoms with Crippen molar-refractivity contribution in [2.24, 2.45) is 0 Å². The molecule has 0 amide bonds. The molecule has 0 spiro atoms. The molecule has 0 aliphatic heterocycles. The van der Waals surface area contributed by atoms with Crippen LogP contribution in [0.3, 0.4) is 0 Å². The third-order valence-corrected chi connectivity index (χ3v) is 3.37. The number of hydrogen-bond donors (Lipinski definition) is 1. The van der Waals surface area contributed by atoms with Crippen molar-refractivity contribution in [1.29, 1.82) is 5.26 Å². The standard InChI is InChI=1S/C16H12F6N4/c1-26(2)13-3-4-24-14(12(13)8-23)25-11-6-9(15(17,18)19)5-10(7-11)16(20,21)22/h3-7H,1-2H3,(H,24,25). The minimum absolute atomic E-state index is 0.0107. The molecule has 138 valence electrons. The number of rotatable bonds is 3. The first-order chi connectivity index (χ1) is 11.9. The van der Waals surface area contributed by atoms with Gasteiger partial charge in [0.1, 0.15) is 17.5 Å². The Morgan fingerprint density at radius 1 is 1.00 bits per heavy atom. The summed E-state index contributed by atoms with van der Waals surface area (Å²) in [6.45, 7) is 0. The highest BCUT2D eigenvalue weighted by Crippen LogP contribution is 2.38. The number of nitrogens with zero attached hydrogens (tertiary/aromatic N) is 3. The van der Waals surface area contributed by atoms with Crippen molar-refractivity contribution in [3.05, 3.63) is 47.2 Å². The van der Waals surface area contributed by atoms with Crippen LogP contribution < -0.4 is 10.2 Å². The molecule has 1 N–H and O–H groups in total. The Kier molecular flexibility index (Phi) is 5.02. The van der Waals surface area contributed by atoms with Gasteiger partial charge in [0.15, 0.2) is 0 Å². The Morgan fingerprint density at radius 2 is 1.54 bits per heavy atom. The first-order valence-electron chi connectivity index (χ1n) is 7.06. The molecule has 1 heterocycles. The lowest BCUT2D eigenvalue weighted by Gasteiger charge is -2.18. The highest BCUT2D eigenvalue weighted by Gasteiger charge is 2.37. The zero-order valence-corrected chi connectivity index (χ0v) is 13.5. The highest BCUT2D eigenvalue weighted by atomic mass is 19.4. The fraction of sp³-hybridized carbons (Fsp3) is 0.250. The van der Waals surface area contributed by atoms with E-state index in [1.165, 1.54) is 12.3 Å². The van der Waals surface area contributed by atoms with Gasteiger partial charge in [-0.3, -0.25) is 0 Å². The van der Waals surface area contributed by atoms with Gasteiger partial charge in [0, 0.05) is 26.0 Å². The van der Waals surface area contributed by atoms with E-state index in [0.717, 1.165) is 0 Å². The molecular formula is C16H12F6N4. The van der Waals surface area contributed by atoms with Gasteiger partial charge in [-0.1, -0.05) is 0 Å². The van der Waals surface area contributed by atoms with Gasteiger partial charge >= 0.3 is 12.4 Å². The minimum Gasteiger partial charge on any atom is -0.376 e. The molecule has 2 rings (SSSR count). The van der Waals surface area contributed by atoms with Gasteiger partial charge in [-0.05, 0) is 24.3 Å². The Hall–Kier alpha value is -2.96. The van der Waals surface area contributed by atoms with Crippen LogP contribution >= 0.6 is 0 Å². The molecule has 10 heteroatoms. The maximum absolute atomic E-state index is 12.9. The minimum atomic E-state index is -4.96. The van der Waals surface area contributed by atoms with Gasteiger partial charge in [-0.15, -0.1) is 0 Å². The van der Waals surface area contributed by atoms with Crippen molar-refractivity contribution < 1.29 is 26.3 Å². The molecule has 26 heavy (non-hydrogen) atoms. The van der Waals surface area contributed by atoms with Gasteiger partial charge in [0.05, 0.1) is 16.8 Å². The molecule has 0 fully saturated rings. The van der Waals surface area contributed by atoms with Crippen LogP contribution in [0.1, 0.15) is 16.7 Å². The highest BCUT2D eigenvalue weighted by molar-refractivity contribution is 5.72. The molecule has 0 saturated carbocycles. The fourth-order valence-corrected chi connectivity index (χ4v) is 2.19. The second-order valence-corrected chi connectivity index (χ2v) is 5.48. The summed E-state index contributed by atoms with van der Waals surface area (Å²) in [5, 5.41) is 11.7. The summed E-state index contributed by atoms with van der Waals surface area (Å²) in [5.41, 5.74) is -3.00. The summed E-state index contributed by atoms with van der Waals surface area (Å²) >= 11 is 0. The molecule has 0 atom stereocenters. The zero-order chi connectivity index (χ0) is 19.7. The van der Waals surface area contributed by atoms with Crippen molar-refractivity contribution in [3.8, 4) is 6.07 Å². The third-order valence-electron chi connectivity index (χ3n) is 3.37. The summed E-state index contributed by atoms with van der Waals surface area (Å²) in [6.07, 6.45) is -8.64. The predicted molar refractivity (Wildman–Crippen MR) is 83.0 cm³/mol. The van der Waals surface area contributed by atoms with Crippen LogP contribution in [0.2, 0.25) is 0 Å². The fourth-order valence-electron chi connectivity index (χ4n) is 2.19. The number of nitriles is 1. The van der Waals surface area contributed by atoms with Gasteiger partial charge in [0.25, 0.3) is 0 Å². The summed E-state index contributed by atoms with van der Waals surface area (Å²) in [4.78, 5) is 5.42. The van der Waals surface area contributed by atoms with E-state index < -0.39 is 29.2 Å². The van der Waals surface area contributed by atoms with Gasteiger partial charge in [-0.2, -0.15) is 31.6 Å².